The third kappa shape index (κ3) is 5.09. The summed E-state index contributed by atoms with van der Waals surface area (Å²) in [4.78, 5) is 8.63. The van der Waals surface area contributed by atoms with E-state index in [2.05, 4.69) is 30.2 Å². The number of hydrogen-bond acceptors (Lipinski definition) is 8. The van der Waals surface area contributed by atoms with Gasteiger partial charge in [0.15, 0.2) is 11.5 Å². The van der Waals surface area contributed by atoms with Crippen molar-refractivity contribution in [1.29, 1.82) is 0 Å². The summed E-state index contributed by atoms with van der Waals surface area (Å²) in [7, 11) is -4.10. The molecule has 1 unspecified atom stereocenters. The number of halogens is 1. The minimum absolute atomic E-state index is 0.0883. The van der Waals surface area contributed by atoms with E-state index in [9.17, 15) is 12.8 Å². The van der Waals surface area contributed by atoms with Crippen LogP contribution in [0.15, 0.2) is 53.6 Å². The molecule has 0 radical (unpaired) electrons. The lowest BCUT2D eigenvalue weighted by molar-refractivity contribution is -0.000382. The Hall–Kier alpha value is -3.61. The van der Waals surface area contributed by atoms with E-state index in [0.29, 0.717) is 53.6 Å². The number of benzene rings is 2. The van der Waals surface area contributed by atoms with Gasteiger partial charge in [-0.25, -0.2) is 17.8 Å². The minimum atomic E-state index is -4.10. The van der Waals surface area contributed by atoms with Gasteiger partial charge in [0.2, 0.25) is 5.88 Å². The average molecular weight is 499 g/mol. The van der Waals surface area contributed by atoms with Crippen molar-refractivity contribution in [3.8, 4) is 17.3 Å². The molecule has 5 rings (SSSR count). The number of hydrogen-bond donors (Lipinski definition) is 3. The summed E-state index contributed by atoms with van der Waals surface area (Å²) in [5.74, 6) is -0.0749. The molecule has 10 nitrogen and oxygen atoms in total. The predicted molar refractivity (Wildman–Crippen MR) is 127 cm³/mol. The Kier molecular flexibility index (Phi) is 6.32. The van der Waals surface area contributed by atoms with Crippen LogP contribution in [0.3, 0.4) is 0 Å². The third-order valence-electron chi connectivity index (χ3n) is 5.46. The number of aryl methyl sites for hydroxylation is 1. The van der Waals surface area contributed by atoms with Crippen LogP contribution in [-0.2, 0) is 14.8 Å². The van der Waals surface area contributed by atoms with Crippen LogP contribution in [0, 0.1) is 12.7 Å². The molecular formula is C23H23FN6O4S. The molecule has 1 aliphatic rings. The van der Waals surface area contributed by atoms with Crippen molar-refractivity contribution >= 4 is 26.7 Å². The lowest BCUT2D eigenvalue weighted by atomic mass is 10.2. The molecule has 0 aliphatic carbocycles. The van der Waals surface area contributed by atoms with Gasteiger partial charge in [-0.15, -0.1) is 0 Å². The average Bonchev–Trinajstić information content (AvgIpc) is 3.34. The van der Waals surface area contributed by atoms with Crippen LogP contribution >= 0.6 is 0 Å². The summed E-state index contributed by atoms with van der Waals surface area (Å²) in [5.41, 5.74) is 2.05. The molecule has 0 spiro atoms. The van der Waals surface area contributed by atoms with Crippen LogP contribution < -0.4 is 14.8 Å². The number of sulfonamides is 1. The Balaban J connectivity index is 1.37. The molecule has 2 aromatic carbocycles. The standard InChI is InChI=1S/C23H23FN6O4S/c1-14-2-7-19(24)20(10-14)35(31,32)30-16-5-3-15(4-6-16)21-27-22-18(12-26-29-22)23(28-21)34-13-17-11-25-8-9-33-17/h2-7,10,12,17,25,30H,8-9,11,13H2,1H3,(H,26,27,28,29). The number of rotatable bonds is 7. The van der Waals surface area contributed by atoms with E-state index in [1.165, 1.54) is 12.1 Å². The van der Waals surface area contributed by atoms with Gasteiger partial charge >= 0.3 is 0 Å². The Bertz CT molecular complexity index is 1450. The SMILES string of the molecule is Cc1ccc(F)c(S(=O)(=O)Nc2ccc(-c3nc(OCC4CNCCO4)c4cn[nH]c4n3)cc2)c1. The fraction of sp³-hybridized carbons (Fsp3) is 0.261. The molecule has 12 heteroatoms. The first-order chi connectivity index (χ1) is 16.9. The highest BCUT2D eigenvalue weighted by molar-refractivity contribution is 7.92. The Labute approximate surface area is 201 Å². The van der Waals surface area contributed by atoms with Crippen molar-refractivity contribution in [1.82, 2.24) is 25.5 Å². The van der Waals surface area contributed by atoms with Crippen LogP contribution in [-0.4, -0.2) is 61.0 Å². The van der Waals surface area contributed by atoms with E-state index in [4.69, 9.17) is 9.47 Å². The summed E-state index contributed by atoms with van der Waals surface area (Å²) in [6.07, 6.45) is 1.51. The van der Waals surface area contributed by atoms with Gasteiger partial charge in [0.05, 0.1) is 12.8 Å². The number of aromatic nitrogens is 4. The van der Waals surface area contributed by atoms with Crippen LogP contribution in [0.2, 0.25) is 0 Å². The second kappa shape index (κ2) is 9.56. The summed E-state index contributed by atoms with van der Waals surface area (Å²) in [6.45, 7) is 4.14. The number of aromatic amines is 1. The maximum Gasteiger partial charge on any atom is 0.264 e. The first-order valence-electron chi connectivity index (χ1n) is 10.9. The highest BCUT2D eigenvalue weighted by Crippen LogP contribution is 2.27. The quantitative estimate of drug-likeness (QED) is 0.354. The molecule has 4 aromatic rings. The number of morpholine rings is 1. The molecule has 3 heterocycles. The molecule has 182 valence electrons. The number of ether oxygens (including phenoxy) is 2. The molecule has 0 amide bonds. The van der Waals surface area contributed by atoms with Crippen molar-refractivity contribution in [2.24, 2.45) is 0 Å². The van der Waals surface area contributed by atoms with Crippen LogP contribution in [0.25, 0.3) is 22.4 Å². The van der Waals surface area contributed by atoms with Crippen molar-refractivity contribution in [2.45, 2.75) is 17.9 Å². The Morgan fingerprint density at radius 1 is 1.20 bits per heavy atom. The van der Waals surface area contributed by atoms with Crippen molar-refractivity contribution in [2.75, 3.05) is 31.0 Å². The van der Waals surface area contributed by atoms with Gasteiger partial charge < -0.3 is 14.8 Å². The lowest BCUT2D eigenvalue weighted by Gasteiger charge is -2.23. The third-order valence-corrected chi connectivity index (χ3v) is 6.85. The number of fused-ring (bicyclic) bond motifs is 1. The van der Waals surface area contributed by atoms with Gasteiger partial charge in [0, 0.05) is 24.3 Å². The van der Waals surface area contributed by atoms with Gasteiger partial charge in [-0.1, -0.05) is 6.07 Å². The second-order valence-corrected chi connectivity index (χ2v) is 9.76. The number of anilines is 1. The summed E-state index contributed by atoms with van der Waals surface area (Å²) < 4.78 is 53.5. The lowest BCUT2D eigenvalue weighted by Crippen LogP contribution is -2.41. The fourth-order valence-electron chi connectivity index (χ4n) is 3.66. The minimum Gasteiger partial charge on any atom is -0.474 e. The second-order valence-electron chi connectivity index (χ2n) is 8.11. The van der Waals surface area contributed by atoms with E-state index in [1.54, 1.807) is 37.4 Å². The normalized spacial score (nSPS) is 16.3. The summed E-state index contributed by atoms with van der Waals surface area (Å²) in [5, 5.41) is 10.7. The molecule has 0 saturated carbocycles. The Morgan fingerprint density at radius 3 is 2.80 bits per heavy atom. The van der Waals surface area contributed by atoms with E-state index >= 15 is 0 Å². The van der Waals surface area contributed by atoms with Crippen LogP contribution in [0.5, 0.6) is 5.88 Å². The largest absolute Gasteiger partial charge is 0.474 e. The van der Waals surface area contributed by atoms with E-state index < -0.39 is 20.7 Å². The molecule has 1 atom stereocenters. The van der Waals surface area contributed by atoms with E-state index in [1.807, 2.05) is 0 Å². The topological polar surface area (TPSA) is 131 Å². The van der Waals surface area contributed by atoms with E-state index in [0.717, 1.165) is 12.6 Å². The number of nitrogens with zero attached hydrogens (tertiary/aromatic N) is 3. The zero-order valence-electron chi connectivity index (χ0n) is 18.8. The predicted octanol–water partition coefficient (Wildman–Crippen LogP) is 2.64. The molecule has 1 fully saturated rings. The number of nitrogens with one attached hydrogen (secondary N) is 3. The Morgan fingerprint density at radius 2 is 2.03 bits per heavy atom. The summed E-state index contributed by atoms with van der Waals surface area (Å²) in [6, 6.07) is 10.4. The van der Waals surface area contributed by atoms with Gasteiger partial charge in [0.25, 0.3) is 10.0 Å². The smallest absolute Gasteiger partial charge is 0.264 e. The van der Waals surface area contributed by atoms with Gasteiger partial charge in [-0.3, -0.25) is 9.82 Å². The zero-order chi connectivity index (χ0) is 24.4. The van der Waals surface area contributed by atoms with Crippen LogP contribution in [0.4, 0.5) is 10.1 Å². The maximum absolute atomic E-state index is 14.1. The molecule has 35 heavy (non-hydrogen) atoms. The monoisotopic (exact) mass is 498 g/mol. The zero-order valence-corrected chi connectivity index (χ0v) is 19.6. The molecule has 1 saturated heterocycles. The van der Waals surface area contributed by atoms with Gasteiger partial charge in [0.1, 0.15) is 28.8 Å². The molecule has 1 aliphatic heterocycles. The first-order valence-corrected chi connectivity index (χ1v) is 12.4. The highest BCUT2D eigenvalue weighted by atomic mass is 32.2. The molecular weight excluding hydrogens is 475 g/mol. The summed E-state index contributed by atoms with van der Waals surface area (Å²) >= 11 is 0. The van der Waals surface area contributed by atoms with Crippen molar-refractivity contribution < 1.29 is 22.3 Å². The maximum atomic E-state index is 14.1. The van der Waals surface area contributed by atoms with Gasteiger partial charge in [-0.05, 0) is 48.9 Å². The van der Waals surface area contributed by atoms with E-state index in [-0.39, 0.29) is 11.8 Å². The highest BCUT2D eigenvalue weighted by Gasteiger charge is 2.20. The van der Waals surface area contributed by atoms with Crippen LogP contribution in [0.1, 0.15) is 5.56 Å². The number of H-pyrrole nitrogens is 1. The van der Waals surface area contributed by atoms with Gasteiger partial charge in [-0.2, -0.15) is 10.1 Å². The molecule has 0 bridgehead atoms. The van der Waals surface area contributed by atoms with Crippen molar-refractivity contribution in [3.05, 3.63) is 60.0 Å². The first kappa shape index (κ1) is 23.1. The molecule has 3 N–H and O–H groups in total. The van der Waals surface area contributed by atoms with Crippen molar-refractivity contribution in [3.63, 3.8) is 0 Å². The molecule has 2 aromatic heterocycles. The fourth-order valence-corrected chi connectivity index (χ4v) is 4.88.